The highest BCUT2D eigenvalue weighted by Gasteiger charge is 2.24. The highest BCUT2D eigenvalue weighted by atomic mass is 16.5. The average molecular weight is 264 g/mol. The summed E-state index contributed by atoms with van der Waals surface area (Å²) in [6.45, 7) is 8.34. The second-order valence-corrected chi connectivity index (χ2v) is 5.44. The maximum atomic E-state index is 11.1. The fraction of sp³-hybridized carbons (Fsp3) is 0.533. The van der Waals surface area contributed by atoms with E-state index in [0.29, 0.717) is 19.4 Å². The smallest absolute Gasteiger partial charge is 0.237 e. The van der Waals surface area contributed by atoms with Gasteiger partial charge in [-0.3, -0.25) is 4.79 Å². The number of benzene rings is 1. The molecule has 4 heteroatoms. The van der Waals surface area contributed by atoms with Crippen molar-refractivity contribution in [2.45, 2.75) is 46.1 Å². The summed E-state index contributed by atoms with van der Waals surface area (Å²) in [4.78, 5) is 11.1. The Morgan fingerprint density at radius 1 is 1.32 bits per heavy atom. The van der Waals surface area contributed by atoms with Crippen LogP contribution in [0.5, 0.6) is 5.75 Å². The lowest BCUT2D eigenvalue weighted by Gasteiger charge is -2.20. The summed E-state index contributed by atoms with van der Waals surface area (Å²) in [6, 6.07) is 4.16. The van der Waals surface area contributed by atoms with Crippen molar-refractivity contribution in [3.05, 3.63) is 28.8 Å². The normalized spacial score (nSPS) is 13.9. The van der Waals surface area contributed by atoms with Gasteiger partial charge in [0.2, 0.25) is 5.91 Å². The first kappa shape index (κ1) is 15.5. The zero-order valence-corrected chi connectivity index (χ0v) is 12.2. The number of primary amides is 1. The Balaban J connectivity index is 2.53. The number of carbonyl (C=O) groups is 1. The van der Waals surface area contributed by atoms with Gasteiger partial charge in [-0.25, -0.2) is 0 Å². The molecule has 106 valence electrons. The van der Waals surface area contributed by atoms with Gasteiger partial charge in [0, 0.05) is 0 Å². The van der Waals surface area contributed by atoms with Crippen LogP contribution in [0.15, 0.2) is 12.1 Å². The lowest BCUT2D eigenvalue weighted by Crippen LogP contribution is -2.49. The molecular formula is C15H24N2O2. The number of carbonyl (C=O) groups excluding carboxylic acids is 1. The van der Waals surface area contributed by atoms with E-state index >= 15 is 0 Å². The quantitative estimate of drug-likeness (QED) is 0.771. The highest BCUT2D eigenvalue weighted by molar-refractivity contribution is 5.83. The van der Waals surface area contributed by atoms with Crippen LogP contribution in [0.2, 0.25) is 0 Å². The molecule has 1 amide bonds. The van der Waals surface area contributed by atoms with Gasteiger partial charge in [0.25, 0.3) is 0 Å². The second kappa shape index (κ2) is 6.06. The Bertz CT molecular complexity index is 467. The van der Waals surface area contributed by atoms with Crippen molar-refractivity contribution in [1.82, 2.24) is 0 Å². The standard InChI is InChI=1S/C15H24N2O2/c1-10-8-11(2)12(3)13(9-10)19-7-5-6-15(4,17)14(16)18/h8-9H,5-7,17H2,1-4H3,(H2,16,18). The third-order valence-corrected chi connectivity index (χ3v) is 3.42. The van der Waals surface area contributed by atoms with Crippen LogP contribution in [0, 0.1) is 20.8 Å². The van der Waals surface area contributed by atoms with Gasteiger partial charge < -0.3 is 16.2 Å². The molecule has 1 atom stereocenters. The lowest BCUT2D eigenvalue weighted by atomic mass is 9.97. The summed E-state index contributed by atoms with van der Waals surface area (Å²) >= 11 is 0. The SMILES string of the molecule is Cc1cc(C)c(C)c(OCCCC(C)(N)C(N)=O)c1. The summed E-state index contributed by atoms with van der Waals surface area (Å²) < 4.78 is 5.77. The second-order valence-electron chi connectivity index (χ2n) is 5.44. The molecule has 0 fully saturated rings. The van der Waals surface area contributed by atoms with Gasteiger partial charge >= 0.3 is 0 Å². The number of aryl methyl sites for hydroxylation is 2. The monoisotopic (exact) mass is 264 g/mol. The van der Waals surface area contributed by atoms with Gasteiger partial charge in [0.1, 0.15) is 5.75 Å². The summed E-state index contributed by atoms with van der Waals surface area (Å²) in [6.07, 6.45) is 1.22. The zero-order chi connectivity index (χ0) is 14.6. The Labute approximate surface area is 115 Å². The summed E-state index contributed by atoms with van der Waals surface area (Å²) in [5.41, 5.74) is 13.6. The third-order valence-electron chi connectivity index (χ3n) is 3.42. The van der Waals surface area contributed by atoms with Crippen LogP contribution >= 0.6 is 0 Å². The van der Waals surface area contributed by atoms with E-state index in [4.69, 9.17) is 16.2 Å². The van der Waals surface area contributed by atoms with Gasteiger partial charge in [-0.2, -0.15) is 0 Å². The molecule has 0 aliphatic carbocycles. The number of amides is 1. The van der Waals surface area contributed by atoms with Crippen molar-refractivity contribution in [1.29, 1.82) is 0 Å². The van der Waals surface area contributed by atoms with E-state index in [1.165, 1.54) is 11.1 Å². The molecule has 0 saturated carbocycles. The molecule has 0 radical (unpaired) electrons. The molecule has 0 aromatic heterocycles. The molecule has 1 unspecified atom stereocenters. The van der Waals surface area contributed by atoms with Gasteiger partial charge in [-0.05, 0) is 63.3 Å². The lowest BCUT2D eigenvalue weighted by molar-refractivity contribution is -0.122. The minimum atomic E-state index is -0.957. The third kappa shape index (κ3) is 4.24. The number of hydrogen-bond donors (Lipinski definition) is 2. The van der Waals surface area contributed by atoms with E-state index in [1.807, 2.05) is 19.9 Å². The van der Waals surface area contributed by atoms with E-state index in [0.717, 1.165) is 11.3 Å². The number of hydrogen-bond acceptors (Lipinski definition) is 3. The molecule has 4 N–H and O–H groups in total. The van der Waals surface area contributed by atoms with Gasteiger partial charge in [0.05, 0.1) is 12.1 Å². The Kier molecular flexibility index (Phi) is 4.95. The molecule has 0 spiro atoms. The molecule has 0 bridgehead atoms. The van der Waals surface area contributed by atoms with Crippen LogP contribution in [-0.4, -0.2) is 18.1 Å². The average Bonchev–Trinajstić information content (AvgIpc) is 2.30. The van der Waals surface area contributed by atoms with Crippen LogP contribution in [0.1, 0.15) is 36.5 Å². The van der Waals surface area contributed by atoms with Crippen LogP contribution in [-0.2, 0) is 4.79 Å². The number of nitrogens with two attached hydrogens (primary N) is 2. The van der Waals surface area contributed by atoms with E-state index in [1.54, 1.807) is 6.92 Å². The molecule has 4 nitrogen and oxygen atoms in total. The van der Waals surface area contributed by atoms with Crippen LogP contribution < -0.4 is 16.2 Å². The van der Waals surface area contributed by atoms with Crippen molar-refractivity contribution in [2.75, 3.05) is 6.61 Å². The van der Waals surface area contributed by atoms with E-state index < -0.39 is 11.4 Å². The first-order valence-electron chi connectivity index (χ1n) is 6.53. The fourth-order valence-corrected chi connectivity index (χ4v) is 1.90. The molecular weight excluding hydrogens is 240 g/mol. The molecule has 19 heavy (non-hydrogen) atoms. The largest absolute Gasteiger partial charge is 0.493 e. The summed E-state index contributed by atoms with van der Waals surface area (Å²) in [7, 11) is 0. The number of ether oxygens (including phenoxy) is 1. The van der Waals surface area contributed by atoms with Gasteiger partial charge in [-0.1, -0.05) is 6.07 Å². The topological polar surface area (TPSA) is 78.3 Å². The Hall–Kier alpha value is -1.55. The molecule has 1 aromatic carbocycles. The zero-order valence-electron chi connectivity index (χ0n) is 12.2. The van der Waals surface area contributed by atoms with Crippen LogP contribution in [0.4, 0.5) is 0 Å². The van der Waals surface area contributed by atoms with Crippen molar-refractivity contribution in [2.24, 2.45) is 11.5 Å². The maximum Gasteiger partial charge on any atom is 0.237 e. The molecule has 0 aliphatic rings. The summed E-state index contributed by atoms with van der Waals surface area (Å²) in [5, 5.41) is 0. The van der Waals surface area contributed by atoms with E-state index in [-0.39, 0.29) is 0 Å². The fourth-order valence-electron chi connectivity index (χ4n) is 1.90. The van der Waals surface area contributed by atoms with Crippen LogP contribution in [0.3, 0.4) is 0 Å². The molecule has 0 saturated heterocycles. The molecule has 1 aromatic rings. The van der Waals surface area contributed by atoms with Crippen LogP contribution in [0.25, 0.3) is 0 Å². The summed E-state index contributed by atoms with van der Waals surface area (Å²) in [5.74, 6) is 0.422. The predicted octanol–water partition coefficient (Wildman–Crippen LogP) is 1.97. The first-order valence-corrected chi connectivity index (χ1v) is 6.53. The minimum Gasteiger partial charge on any atom is -0.493 e. The van der Waals surface area contributed by atoms with Crippen molar-refractivity contribution < 1.29 is 9.53 Å². The maximum absolute atomic E-state index is 11.1. The highest BCUT2D eigenvalue weighted by Crippen LogP contribution is 2.23. The van der Waals surface area contributed by atoms with Crippen molar-refractivity contribution >= 4 is 5.91 Å². The molecule has 1 rings (SSSR count). The first-order chi connectivity index (χ1) is 8.74. The van der Waals surface area contributed by atoms with E-state index in [9.17, 15) is 4.79 Å². The van der Waals surface area contributed by atoms with Gasteiger partial charge in [0.15, 0.2) is 0 Å². The van der Waals surface area contributed by atoms with Gasteiger partial charge in [-0.15, -0.1) is 0 Å². The number of rotatable bonds is 6. The Morgan fingerprint density at radius 3 is 2.53 bits per heavy atom. The molecule has 0 heterocycles. The minimum absolute atomic E-state index is 0.477. The van der Waals surface area contributed by atoms with Crippen molar-refractivity contribution in [3.8, 4) is 5.75 Å². The Morgan fingerprint density at radius 2 is 1.95 bits per heavy atom. The van der Waals surface area contributed by atoms with E-state index in [2.05, 4.69) is 13.0 Å². The predicted molar refractivity (Wildman–Crippen MR) is 77.2 cm³/mol. The molecule has 0 aliphatic heterocycles. The van der Waals surface area contributed by atoms with Crippen molar-refractivity contribution in [3.63, 3.8) is 0 Å².